The first-order valence-electron chi connectivity index (χ1n) is 15.8. The third kappa shape index (κ3) is 6.78. The van der Waals surface area contributed by atoms with Crippen LogP contribution < -0.4 is 0 Å². The van der Waals surface area contributed by atoms with Crippen molar-refractivity contribution >= 4 is 44.3 Å². The Bertz CT molecular complexity index is 1910. The van der Waals surface area contributed by atoms with Crippen molar-refractivity contribution in [3.05, 3.63) is 95.4 Å². The summed E-state index contributed by atoms with van der Waals surface area (Å²) in [5.74, 6) is 0.0995. The van der Waals surface area contributed by atoms with Gasteiger partial charge in [0.05, 0.1) is 50.1 Å². The number of Topliss-reactive ketones (excluding diaryl/α,β-unsaturated/α-hetero) is 2. The van der Waals surface area contributed by atoms with E-state index in [2.05, 4.69) is 49.1 Å². The number of rotatable bonds is 15. The third-order valence-corrected chi connectivity index (χ3v) is 9.50. The number of halogens is 1. The first-order chi connectivity index (χ1) is 23.1. The largest absolute Gasteiger partial charge is 0.377 e. The van der Waals surface area contributed by atoms with Crippen molar-refractivity contribution in [3.8, 4) is 11.1 Å². The molecule has 1 aromatic carbocycles. The maximum atomic E-state index is 14.2. The Hall–Kier alpha value is -4.39. The molecular formula is C36H37BrN6O5. The van der Waals surface area contributed by atoms with E-state index in [1.54, 1.807) is 34.1 Å². The van der Waals surface area contributed by atoms with Crippen LogP contribution in [-0.2, 0) is 38.6 Å². The number of amides is 1. The van der Waals surface area contributed by atoms with E-state index in [9.17, 15) is 14.4 Å². The summed E-state index contributed by atoms with van der Waals surface area (Å²) in [4.78, 5) is 55.9. The molecule has 4 aromatic rings. The van der Waals surface area contributed by atoms with Crippen molar-refractivity contribution in [3.63, 3.8) is 0 Å². The molecule has 2 fully saturated rings. The lowest BCUT2D eigenvalue weighted by Crippen LogP contribution is -2.45. The molecule has 0 N–H and O–H groups in total. The van der Waals surface area contributed by atoms with Crippen LogP contribution in [0.1, 0.15) is 47.3 Å². The van der Waals surface area contributed by atoms with E-state index in [4.69, 9.17) is 9.47 Å². The molecule has 4 heterocycles. The predicted octanol–water partition coefficient (Wildman–Crippen LogP) is 5.24. The number of carbonyl (C=O) groups excluding carboxylic acids is 3. The summed E-state index contributed by atoms with van der Waals surface area (Å²) < 4.78 is 13.7. The van der Waals surface area contributed by atoms with E-state index in [0.717, 1.165) is 23.1 Å². The minimum atomic E-state index is -0.659. The lowest BCUT2D eigenvalue weighted by atomic mass is 9.95. The van der Waals surface area contributed by atoms with Crippen LogP contribution in [0.15, 0.2) is 72.6 Å². The van der Waals surface area contributed by atoms with E-state index in [-0.39, 0.29) is 54.2 Å². The Kier molecular flexibility index (Phi) is 9.77. The maximum Gasteiger partial charge on any atom is 0.245 e. The van der Waals surface area contributed by atoms with Gasteiger partial charge < -0.3 is 14.4 Å². The minimum Gasteiger partial charge on any atom is -0.377 e. The highest BCUT2D eigenvalue weighted by molar-refractivity contribution is 9.10. The van der Waals surface area contributed by atoms with Crippen molar-refractivity contribution in [2.45, 2.75) is 58.3 Å². The SMILES string of the molecule is C=CCOCc1ccc(Br)nc1CC(=O)[C@@H]1C[C@]2(COCC=C)C[C@@H]2N1C(=O)Cn1nc(C(C)=O)c2cc(-c3cnc(C)nc3)ccc21. The number of nitrogens with zero attached hydrogens (tertiary/aromatic N) is 6. The van der Waals surface area contributed by atoms with Crippen LogP contribution in [0.3, 0.4) is 0 Å². The number of ether oxygens (including phenoxy) is 2. The zero-order valence-corrected chi connectivity index (χ0v) is 28.6. The summed E-state index contributed by atoms with van der Waals surface area (Å²) in [5, 5.41) is 5.22. The van der Waals surface area contributed by atoms with E-state index >= 15 is 0 Å². The van der Waals surface area contributed by atoms with Gasteiger partial charge in [-0.2, -0.15) is 5.10 Å². The fourth-order valence-corrected chi connectivity index (χ4v) is 6.98. The molecule has 3 atom stereocenters. The summed E-state index contributed by atoms with van der Waals surface area (Å²) in [6, 6.07) is 8.52. The number of ketones is 2. The average Bonchev–Trinajstić information content (AvgIpc) is 3.48. The van der Waals surface area contributed by atoms with Gasteiger partial charge in [-0.25, -0.2) is 15.0 Å². The Morgan fingerprint density at radius 3 is 2.52 bits per heavy atom. The van der Waals surface area contributed by atoms with E-state index in [1.807, 2.05) is 37.3 Å². The highest BCUT2D eigenvalue weighted by Crippen LogP contribution is 2.60. The molecule has 1 amide bonds. The molecule has 1 aliphatic carbocycles. The number of benzene rings is 1. The molecule has 11 nitrogen and oxygen atoms in total. The Balaban J connectivity index is 1.28. The number of piperidine rings is 1. The van der Waals surface area contributed by atoms with E-state index < -0.39 is 6.04 Å². The van der Waals surface area contributed by atoms with Gasteiger partial charge in [0, 0.05) is 41.7 Å². The summed E-state index contributed by atoms with van der Waals surface area (Å²) >= 11 is 3.43. The molecule has 0 bridgehead atoms. The van der Waals surface area contributed by atoms with Crippen LogP contribution in [0.4, 0.5) is 0 Å². The molecule has 1 saturated carbocycles. The fraction of sp³-hybridized carbons (Fsp3) is 0.361. The van der Waals surface area contributed by atoms with Gasteiger partial charge in [0.15, 0.2) is 11.6 Å². The lowest BCUT2D eigenvalue weighted by molar-refractivity contribution is -0.139. The first-order valence-corrected chi connectivity index (χ1v) is 16.6. The standard InChI is InChI=1S/C36H37BrN6O5/c1-5-11-47-20-25-8-10-33(37)40-28(25)14-31(45)30-15-36(21-48-12-6-2)16-32(36)43(30)34(46)19-42-29-9-7-24(26-17-38-23(4)39-18-26)13-27(29)35(41-42)22(3)44/h5-10,13,17-18,30,32H,1-2,11-12,14-16,19-21H2,3-4H3/t30-,32-,36+/m0/s1. The van der Waals surface area contributed by atoms with Gasteiger partial charge in [0.1, 0.15) is 22.7 Å². The smallest absolute Gasteiger partial charge is 0.245 e. The molecule has 12 heteroatoms. The molecule has 0 unspecified atom stereocenters. The van der Waals surface area contributed by atoms with Crippen molar-refractivity contribution in [2.24, 2.45) is 5.41 Å². The number of carbonyl (C=O) groups is 3. The number of pyridine rings is 1. The van der Waals surface area contributed by atoms with Crippen LogP contribution in [0, 0.1) is 12.3 Å². The topological polar surface area (TPSA) is 129 Å². The molecule has 248 valence electrons. The summed E-state index contributed by atoms with van der Waals surface area (Å²) in [6.07, 6.45) is 8.11. The van der Waals surface area contributed by atoms with Gasteiger partial charge in [0.25, 0.3) is 0 Å². The first kappa shape index (κ1) is 33.5. The van der Waals surface area contributed by atoms with Crippen LogP contribution in [0.25, 0.3) is 22.0 Å². The molecule has 1 saturated heterocycles. The van der Waals surface area contributed by atoms with Gasteiger partial charge in [-0.1, -0.05) is 24.3 Å². The quantitative estimate of drug-likeness (QED) is 0.0703. The predicted molar refractivity (Wildman–Crippen MR) is 183 cm³/mol. The lowest BCUT2D eigenvalue weighted by Gasteiger charge is -2.27. The number of hydrogen-bond donors (Lipinski definition) is 0. The number of fused-ring (bicyclic) bond motifs is 2. The Labute approximate surface area is 287 Å². The summed E-state index contributed by atoms with van der Waals surface area (Å²) in [6.45, 7) is 12.1. The van der Waals surface area contributed by atoms with Gasteiger partial charge in [-0.15, -0.1) is 13.2 Å². The third-order valence-electron chi connectivity index (χ3n) is 9.06. The molecule has 0 spiro atoms. The van der Waals surface area contributed by atoms with Crippen LogP contribution >= 0.6 is 15.9 Å². The second-order valence-corrected chi connectivity index (χ2v) is 13.2. The van der Waals surface area contributed by atoms with Crippen LogP contribution in [0.5, 0.6) is 0 Å². The molecule has 1 aliphatic heterocycles. The summed E-state index contributed by atoms with van der Waals surface area (Å²) in [5.41, 5.74) is 3.65. The van der Waals surface area contributed by atoms with Crippen molar-refractivity contribution in [1.29, 1.82) is 0 Å². The monoisotopic (exact) mass is 712 g/mol. The van der Waals surface area contributed by atoms with Crippen molar-refractivity contribution in [1.82, 2.24) is 29.6 Å². The van der Waals surface area contributed by atoms with E-state index in [0.29, 0.717) is 53.3 Å². The Morgan fingerprint density at radius 1 is 1.04 bits per heavy atom. The maximum absolute atomic E-state index is 14.2. The molecule has 2 aliphatic rings. The number of aryl methyl sites for hydroxylation is 1. The molecular weight excluding hydrogens is 676 g/mol. The number of hydrogen-bond acceptors (Lipinski definition) is 9. The zero-order valence-electron chi connectivity index (χ0n) is 27.0. The van der Waals surface area contributed by atoms with Gasteiger partial charge in [0.2, 0.25) is 5.91 Å². The zero-order chi connectivity index (χ0) is 34.0. The highest BCUT2D eigenvalue weighted by atomic mass is 79.9. The minimum absolute atomic E-state index is 0.0433. The molecule has 6 rings (SSSR count). The average molecular weight is 714 g/mol. The normalized spacial score (nSPS) is 19.7. The van der Waals surface area contributed by atoms with E-state index in [1.165, 1.54) is 6.92 Å². The molecule has 0 radical (unpaired) electrons. The van der Waals surface area contributed by atoms with Gasteiger partial charge >= 0.3 is 0 Å². The second-order valence-electron chi connectivity index (χ2n) is 12.4. The Morgan fingerprint density at radius 2 is 1.79 bits per heavy atom. The van der Waals surface area contributed by atoms with Gasteiger partial charge in [-0.3, -0.25) is 19.1 Å². The highest BCUT2D eigenvalue weighted by Gasteiger charge is 2.67. The molecule has 3 aromatic heterocycles. The van der Waals surface area contributed by atoms with Crippen LogP contribution in [-0.4, -0.2) is 79.0 Å². The number of likely N-dealkylation sites (tertiary alicyclic amines) is 1. The van der Waals surface area contributed by atoms with Gasteiger partial charge in [-0.05, 0) is 65.0 Å². The fourth-order valence-electron chi connectivity index (χ4n) is 6.63. The second kappa shape index (κ2) is 14.0. The van der Waals surface area contributed by atoms with Crippen LogP contribution in [0.2, 0.25) is 0 Å². The van der Waals surface area contributed by atoms with Crippen molar-refractivity contribution in [2.75, 3.05) is 19.8 Å². The number of aromatic nitrogens is 5. The van der Waals surface area contributed by atoms with Crippen molar-refractivity contribution < 1.29 is 23.9 Å². The molecule has 48 heavy (non-hydrogen) atoms. The summed E-state index contributed by atoms with van der Waals surface area (Å²) in [7, 11) is 0.